The molecule has 1 aliphatic carbocycles. The predicted molar refractivity (Wildman–Crippen MR) is 49.4 cm³/mol. The molecule has 0 aromatic carbocycles. The normalized spacial score (nSPS) is 17.3. The van der Waals surface area contributed by atoms with Crippen molar-refractivity contribution < 1.29 is 8.42 Å². The van der Waals surface area contributed by atoms with Crippen molar-refractivity contribution in [1.29, 1.82) is 5.26 Å². The third-order valence-corrected chi connectivity index (χ3v) is 3.84. The zero-order valence-corrected chi connectivity index (χ0v) is 8.55. The van der Waals surface area contributed by atoms with Crippen LogP contribution >= 0.6 is 0 Å². The number of hydrogen-bond acceptors (Lipinski definition) is 3. The Hall–Kier alpha value is -0.600. The van der Waals surface area contributed by atoms with E-state index in [1.165, 1.54) is 4.31 Å². The van der Waals surface area contributed by atoms with Gasteiger partial charge in [0.1, 0.15) is 0 Å². The smallest absolute Gasteiger partial charge is 0.211 e. The summed E-state index contributed by atoms with van der Waals surface area (Å²) in [7, 11) is -3.31. The first-order chi connectivity index (χ1) is 6.10. The molecule has 1 saturated carbocycles. The van der Waals surface area contributed by atoms with Gasteiger partial charge in [0.25, 0.3) is 0 Å². The van der Waals surface area contributed by atoms with Gasteiger partial charge in [-0.05, 0) is 18.8 Å². The fourth-order valence-corrected chi connectivity index (χ4v) is 2.38. The highest BCUT2D eigenvalue weighted by molar-refractivity contribution is 7.89. The van der Waals surface area contributed by atoms with Crippen LogP contribution in [0.15, 0.2) is 0 Å². The molecular weight excluding hydrogens is 188 g/mol. The monoisotopic (exact) mass is 202 g/mol. The van der Waals surface area contributed by atoms with Gasteiger partial charge in [-0.3, -0.25) is 0 Å². The Morgan fingerprint density at radius 2 is 2.15 bits per heavy atom. The first-order valence-electron chi connectivity index (χ1n) is 4.45. The van der Waals surface area contributed by atoms with Gasteiger partial charge in [-0.2, -0.15) is 5.26 Å². The highest BCUT2D eigenvalue weighted by Gasteiger charge is 2.29. The molecule has 1 rings (SSSR count). The molecule has 0 aromatic heterocycles. The molecule has 0 aromatic rings. The molecule has 74 valence electrons. The second-order valence-electron chi connectivity index (χ2n) is 3.31. The average molecular weight is 202 g/mol. The Labute approximate surface area is 79.2 Å². The molecule has 0 aliphatic heterocycles. The molecule has 0 spiro atoms. The first kappa shape index (κ1) is 10.5. The molecular formula is C8H14N2O2S. The van der Waals surface area contributed by atoms with E-state index in [2.05, 4.69) is 0 Å². The summed E-state index contributed by atoms with van der Waals surface area (Å²) in [6, 6.07) is 1.69. The fraction of sp³-hybridized carbons (Fsp3) is 0.875. The molecule has 0 atom stereocenters. The van der Waals surface area contributed by atoms with Crippen molar-refractivity contribution in [2.45, 2.75) is 19.8 Å². The molecule has 0 unspecified atom stereocenters. The minimum Gasteiger partial charge on any atom is -0.211 e. The highest BCUT2D eigenvalue weighted by Crippen LogP contribution is 2.30. The summed E-state index contributed by atoms with van der Waals surface area (Å²) in [5, 5.41) is 8.34. The SMILES string of the molecule is CCN(CC1CC1)S(=O)(=O)CC#N. The van der Waals surface area contributed by atoms with Gasteiger partial charge in [0.15, 0.2) is 5.75 Å². The van der Waals surface area contributed by atoms with Crippen molar-refractivity contribution in [2.24, 2.45) is 5.92 Å². The summed E-state index contributed by atoms with van der Waals surface area (Å²) < 4.78 is 24.3. The van der Waals surface area contributed by atoms with Crippen LogP contribution in [0.5, 0.6) is 0 Å². The molecule has 5 heteroatoms. The zero-order valence-electron chi connectivity index (χ0n) is 7.73. The first-order valence-corrected chi connectivity index (χ1v) is 6.06. The van der Waals surface area contributed by atoms with Gasteiger partial charge < -0.3 is 0 Å². The number of nitrogens with zero attached hydrogens (tertiary/aromatic N) is 2. The predicted octanol–water partition coefficient (Wildman–Crippen LogP) is 0.572. The Morgan fingerprint density at radius 3 is 2.54 bits per heavy atom. The van der Waals surface area contributed by atoms with Crippen molar-refractivity contribution in [3.63, 3.8) is 0 Å². The number of rotatable bonds is 5. The Bertz CT molecular complexity index is 301. The van der Waals surface area contributed by atoms with Crippen LogP contribution in [0.3, 0.4) is 0 Å². The van der Waals surface area contributed by atoms with E-state index in [0.29, 0.717) is 19.0 Å². The van der Waals surface area contributed by atoms with Crippen LogP contribution in [-0.2, 0) is 10.0 Å². The van der Waals surface area contributed by atoms with Crippen molar-refractivity contribution in [3.8, 4) is 6.07 Å². The number of sulfonamides is 1. The van der Waals surface area contributed by atoms with Crippen LogP contribution in [-0.4, -0.2) is 31.6 Å². The van der Waals surface area contributed by atoms with Crippen molar-refractivity contribution >= 4 is 10.0 Å². The van der Waals surface area contributed by atoms with Gasteiger partial charge in [-0.25, -0.2) is 12.7 Å². The largest absolute Gasteiger partial charge is 0.227 e. The minimum absolute atomic E-state index is 0.395. The molecule has 0 bridgehead atoms. The molecule has 0 N–H and O–H groups in total. The molecule has 13 heavy (non-hydrogen) atoms. The summed E-state index contributed by atoms with van der Waals surface area (Å²) in [6.07, 6.45) is 2.25. The van der Waals surface area contributed by atoms with Gasteiger partial charge in [0.05, 0.1) is 6.07 Å². The fourth-order valence-electron chi connectivity index (χ4n) is 1.20. The zero-order chi connectivity index (χ0) is 9.90. The van der Waals surface area contributed by atoms with E-state index in [9.17, 15) is 8.42 Å². The van der Waals surface area contributed by atoms with E-state index in [0.717, 1.165) is 12.8 Å². The van der Waals surface area contributed by atoms with Crippen LogP contribution in [0.2, 0.25) is 0 Å². The van der Waals surface area contributed by atoms with Gasteiger partial charge in [0.2, 0.25) is 10.0 Å². The topological polar surface area (TPSA) is 61.2 Å². The Morgan fingerprint density at radius 1 is 1.54 bits per heavy atom. The van der Waals surface area contributed by atoms with Gasteiger partial charge in [-0.1, -0.05) is 6.92 Å². The molecule has 0 saturated heterocycles. The molecule has 0 amide bonds. The van der Waals surface area contributed by atoms with Gasteiger partial charge in [-0.15, -0.1) is 0 Å². The lowest BCUT2D eigenvalue weighted by Crippen LogP contribution is -2.34. The standard InChI is InChI=1S/C8H14N2O2S/c1-2-10(7-8-3-4-8)13(11,12)6-5-9/h8H,2-4,6-7H2,1H3. The maximum absolute atomic E-state index is 11.4. The quantitative estimate of drug-likeness (QED) is 0.655. The summed E-state index contributed by atoms with van der Waals surface area (Å²) in [6.45, 7) is 2.87. The van der Waals surface area contributed by atoms with E-state index in [-0.39, 0.29) is 0 Å². The van der Waals surface area contributed by atoms with Gasteiger partial charge >= 0.3 is 0 Å². The average Bonchev–Trinajstić information content (AvgIpc) is 2.82. The lowest BCUT2D eigenvalue weighted by atomic mass is 10.4. The van der Waals surface area contributed by atoms with E-state index >= 15 is 0 Å². The van der Waals surface area contributed by atoms with E-state index < -0.39 is 15.8 Å². The van der Waals surface area contributed by atoms with Gasteiger partial charge in [0, 0.05) is 13.1 Å². The molecule has 0 heterocycles. The summed E-state index contributed by atoms with van der Waals surface area (Å²) in [5.74, 6) is 0.140. The minimum atomic E-state index is -3.31. The highest BCUT2D eigenvalue weighted by atomic mass is 32.2. The van der Waals surface area contributed by atoms with Crippen LogP contribution in [0, 0.1) is 17.2 Å². The van der Waals surface area contributed by atoms with E-state index in [1.807, 2.05) is 0 Å². The summed E-state index contributed by atoms with van der Waals surface area (Å²) >= 11 is 0. The maximum Gasteiger partial charge on any atom is 0.227 e. The van der Waals surface area contributed by atoms with Crippen LogP contribution < -0.4 is 0 Å². The van der Waals surface area contributed by atoms with E-state index in [1.54, 1.807) is 13.0 Å². The molecule has 0 radical (unpaired) electrons. The van der Waals surface area contributed by atoms with Crippen molar-refractivity contribution in [2.75, 3.05) is 18.8 Å². The van der Waals surface area contributed by atoms with Crippen LogP contribution in [0.4, 0.5) is 0 Å². The Balaban J connectivity index is 2.58. The molecule has 1 fully saturated rings. The van der Waals surface area contributed by atoms with Crippen molar-refractivity contribution in [3.05, 3.63) is 0 Å². The molecule has 1 aliphatic rings. The lowest BCUT2D eigenvalue weighted by Gasteiger charge is -2.17. The third-order valence-electron chi connectivity index (χ3n) is 2.15. The van der Waals surface area contributed by atoms with E-state index in [4.69, 9.17) is 5.26 Å². The van der Waals surface area contributed by atoms with Crippen LogP contribution in [0.25, 0.3) is 0 Å². The summed E-state index contributed by atoms with van der Waals surface area (Å²) in [5.41, 5.74) is 0. The number of hydrogen-bond donors (Lipinski definition) is 0. The maximum atomic E-state index is 11.4. The second-order valence-corrected chi connectivity index (χ2v) is 5.28. The lowest BCUT2D eigenvalue weighted by molar-refractivity contribution is 0.414. The second kappa shape index (κ2) is 4.07. The Kier molecular flexibility index (Phi) is 3.28. The molecule has 4 nitrogen and oxygen atoms in total. The number of nitriles is 1. The summed E-state index contributed by atoms with van der Waals surface area (Å²) in [4.78, 5) is 0. The third kappa shape index (κ3) is 2.98. The van der Waals surface area contributed by atoms with Crippen LogP contribution in [0.1, 0.15) is 19.8 Å². The van der Waals surface area contributed by atoms with Crippen molar-refractivity contribution in [1.82, 2.24) is 4.31 Å².